The number of hydrogen-bond donors (Lipinski definition) is 2. The van der Waals surface area contributed by atoms with Crippen molar-refractivity contribution < 1.29 is 18.3 Å². The highest BCUT2D eigenvalue weighted by Crippen LogP contribution is 2.29. The highest BCUT2D eigenvalue weighted by atomic mass is 19.4. The van der Waals surface area contributed by atoms with Gasteiger partial charge >= 0.3 is 6.18 Å². The second-order valence-electron chi connectivity index (χ2n) is 5.15. The molecule has 2 aromatic rings. The van der Waals surface area contributed by atoms with Gasteiger partial charge in [0.2, 0.25) is 0 Å². The number of benzene rings is 2. The summed E-state index contributed by atoms with van der Waals surface area (Å²) in [5, 5.41) is 12.5. The fourth-order valence-electron chi connectivity index (χ4n) is 2.23. The van der Waals surface area contributed by atoms with Gasteiger partial charge in [0.25, 0.3) is 0 Å². The first-order valence-electron chi connectivity index (χ1n) is 7.00. The molecule has 118 valence electrons. The van der Waals surface area contributed by atoms with Crippen molar-refractivity contribution in [2.75, 3.05) is 0 Å². The maximum Gasteiger partial charge on any atom is 0.416 e. The molecule has 0 spiro atoms. The quantitative estimate of drug-likeness (QED) is 0.873. The molecule has 0 amide bonds. The van der Waals surface area contributed by atoms with Crippen LogP contribution in [-0.4, -0.2) is 5.11 Å². The lowest BCUT2D eigenvalue weighted by Crippen LogP contribution is -2.19. The van der Waals surface area contributed by atoms with Crippen LogP contribution in [0.2, 0.25) is 0 Å². The maximum atomic E-state index is 12.5. The topological polar surface area (TPSA) is 32.3 Å². The predicted molar refractivity (Wildman–Crippen MR) is 79.1 cm³/mol. The molecule has 2 nitrogen and oxygen atoms in total. The molecule has 0 aliphatic rings. The van der Waals surface area contributed by atoms with E-state index in [1.165, 1.54) is 12.1 Å². The van der Waals surface area contributed by atoms with E-state index < -0.39 is 11.7 Å². The lowest BCUT2D eigenvalue weighted by atomic mass is 10.0. The molecule has 0 saturated carbocycles. The molecule has 0 bridgehead atoms. The van der Waals surface area contributed by atoms with Gasteiger partial charge in [0, 0.05) is 12.6 Å². The van der Waals surface area contributed by atoms with Crippen LogP contribution < -0.4 is 5.32 Å². The Morgan fingerprint density at radius 2 is 1.59 bits per heavy atom. The van der Waals surface area contributed by atoms with E-state index in [0.29, 0.717) is 6.54 Å². The van der Waals surface area contributed by atoms with Gasteiger partial charge in [0.05, 0.1) is 12.2 Å². The second-order valence-corrected chi connectivity index (χ2v) is 5.15. The van der Waals surface area contributed by atoms with Crippen molar-refractivity contribution in [3.63, 3.8) is 0 Å². The number of aliphatic hydroxyl groups excluding tert-OH is 1. The standard InChI is InChI=1S/C17H18F3NO/c1-12(13-6-8-16(9-7-13)17(18,19)20)21-10-14-4-2-3-5-15(14)11-22/h2-9,12,21-22H,10-11H2,1H3. The van der Waals surface area contributed by atoms with Crippen molar-refractivity contribution in [1.29, 1.82) is 0 Å². The van der Waals surface area contributed by atoms with Crippen molar-refractivity contribution >= 4 is 0 Å². The zero-order valence-corrected chi connectivity index (χ0v) is 12.2. The Kier molecular flexibility index (Phi) is 5.21. The van der Waals surface area contributed by atoms with Gasteiger partial charge in [-0.05, 0) is 35.7 Å². The van der Waals surface area contributed by atoms with E-state index in [0.717, 1.165) is 28.8 Å². The lowest BCUT2D eigenvalue weighted by molar-refractivity contribution is -0.137. The molecule has 0 aromatic heterocycles. The molecule has 1 unspecified atom stereocenters. The van der Waals surface area contributed by atoms with Crippen LogP contribution in [0.25, 0.3) is 0 Å². The molecule has 0 fully saturated rings. The van der Waals surface area contributed by atoms with Crippen LogP contribution in [0.4, 0.5) is 13.2 Å². The zero-order chi connectivity index (χ0) is 16.2. The number of hydrogen-bond acceptors (Lipinski definition) is 2. The molecule has 22 heavy (non-hydrogen) atoms. The molecule has 2 rings (SSSR count). The zero-order valence-electron chi connectivity index (χ0n) is 12.2. The fourth-order valence-corrected chi connectivity index (χ4v) is 2.23. The summed E-state index contributed by atoms with van der Waals surface area (Å²) in [6.45, 7) is 2.40. The number of halogens is 3. The van der Waals surface area contributed by atoms with Crippen LogP contribution in [0.15, 0.2) is 48.5 Å². The van der Waals surface area contributed by atoms with Gasteiger partial charge < -0.3 is 10.4 Å². The molecule has 2 N–H and O–H groups in total. The summed E-state index contributed by atoms with van der Waals surface area (Å²) in [6, 6.07) is 12.6. The third kappa shape index (κ3) is 4.08. The SMILES string of the molecule is CC(NCc1ccccc1CO)c1ccc(C(F)(F)F)cc1. The minimum Gasteiger partial charge on any atom is -0.392 e. The third-order valence-corrected chi connectivity index (χ3v) is 3.63. The van der Waals surface area contributed by atoms with Crippen LogP contribution in [0.5, 0.6) is 0 Å². The molecule has 0 aliphatic heterocycles. The van der Waals surface area contributed by atoms with E-state index >= 15 is 0 Å². The fraction of sp³-hybridized carbons (Fsp3) is 0.294. The van der Waals surface area contributed by atoms with Crippen LogP contribution in [0.1, 0.15) is 35.2 Å². The van der Waals surface area contributed by atoms with Gasteiger partial charge in [-0.3, -0.25) is 0 Å². The molecule has 2 aromatic carbocycles. The monoisotopic (exact) mass is 309 g/mol. The van der Waals surface area contributed by atoms with Crippen LogP contribution in [0.3, 0.4) is 0 Å². The molecule has 1 atom stereocenters. The molecular weight excluding hydrogens is 291 g/mol. The Balaban J connectivity index is 2.02. The molecule has 0 heterocycles. The van der Waals surface area contributed by atoms with E-state index in [-0.39, 0.29) is 12.6 Å². The van der Waals surface area contributed by atoms with E-state index in [1.807, 2.05) is 31.2 Å². The number of alkyl halides is 3. The molecule has 0 aliphatic carbocycles. The summed E-state index contributed by atoms with van der Waals surface area (Å²) in [7, 11) is 0. The highest BCUT2D eigenvalue weighted by Gasteiger charge is 2.30. The number of aliphatic hydroxyl groups is 1. The smallest absolute Gasteiger partial charge is 0.392 e. The van der Waals surface area contributed by atoms with Crippen LogP contribution >= 0.6 is 0 Å². The average molecular weight is 309 g/mol. The summed E-state index contributed by atoms with van der Waals surface area (Å²) in [4.78, 5) is 0. The summed E-state index contributed by atoms with van der Waals surface area (Å²) >= 11 is 0. The largest absolute Gasteiger partial charge is 0.416 e. The van der Waals surface area contributed by atoms with Gasteiger partial charge in [-0.25, -0.2) is 0 Å². The van der Waals surface area contributed by atoms with Crippen LogP contribution in [0, 0.1) is 0 Å². The normalized spacial score (nSPS) is 13.1. The van der Waals surface area contributed by atoms with E-state index in [9.17, 15) is 18.3 Å². The number of rotatable bonds is 5. The predicted octanol–water partition coefficient (Wildman–Crippen LogP) is 4.05. The second kappa shape index (κ2) is 6.94. The van der Waals surface area contributed by atoms with Crippen molar-refractivity contribution in [2.24, 2.45) is 0 Å². The first kappa shape index (κ1) is 16.5. The third-order valence-electron chi connectivity index (χ3n) is 3.63. The molecule has 0 saturated heterocycles. The van der Waals surface area contributed by atoms with Gasteiger partial charge in [0.1, 0.15) is 0 Å². The molecular formula is C17H18F3NO. The lowest BCUT2D eigenvalue weighted by Gasteiger charge is -2.16. The van der Waals surface area contributed by atoms with Crippen molar-refractivity contribution in [3.05, 3.63) is 70.8 Å². The molecule has 0 radical (unpaired) electrons. The van der Waals surface area contributed by atoms with Crippen molar-refractivity contribution in [3.8, 4) is 0 Å². The number of nitrogens with one attached hydrogen (secondary N) is 1. The summed E-state index contributed by atoms with van der Waals surface area (Å²) in [5.74, 6) is 0. The first-order chi connectivity index (χ1) is 10.4. The minimum atomic E-state index is -4.31. The summed E-state index contributed by atoms with van der Waals surface area (Å²) < 4.78 is 37.6. The first-order valence-corrected chi connectivity index (χ1v) is 7.00. The Bertz CT molecular complexity index is 608. The Morgan fingerprint density at radius 1 is 1.00 bits per heavy atom. The maximum absolute atomic E-state index is 12.5. The van der Waals surface area contributed by atoms with E-state index in [1.54, 1.807) is 0 Å². The van der Waals surface area contributed by atoms with E-state index in [4.69, 9.17) is 0 Å². The Hall–Kier alpha value is -1.85. The van der Waals surface area contributed by atoms with Crippen molar-refractivity contribution in [2.45, 2.75) is 32.3 Å². The van der Waals surface area contributed by atoms with E-state index in [2.05, 4.69) is 5.32 Å². The highest BCUT2D eigenvalue weighted by molar-refractivity contribution is 5.28. The van der Waals surface area contributed by atoms with Gasteiger partial charge in [-0.15, -0.1) is 0 Å². The Labute approximate surface area is 127 Å². The van der Waals surface area contributed by atoms with Crippen molar-refractivity contribution in [1.82, 2.24) is 5.32 Å². The summed E-state index contributed by atoms with van der Waals surface area (Å²) in [5.41, 5.74) is 1.96. The minimum absolute atomic E-state index is 0.0352. The summed E-state index contributed by atoms with van der Waals surface area (Å²) in [6.07, 6.45) is -4.31. The van der Waals surface area contributed by atoms with Gasteiger partial charge in [-0.1, -0.05) is 36.4 Å². The Morgan fingerprint density at radius 3 is 2.14 bits per heavy atom. The van der Waals surface area contributed by atoms with Gasteiger partial charge in [-0.2, -0.15) is 13.2 Å². The molecule has 5 heteroatoms. The van der Waals surface area contributed by atoms with Gasteiger partial charge in [0.15, 0.2) is 0 Å². The van der Waals surface area contributed by atoms with Crippen LogP contribution in [-0.2, 0) is 19.3 Å². The average Bonchev–Trinajstić information content (AvgIpc) is 2.52.